The lowest BCUT2D eigenvalue weighted by atomic mass is 9.91. The van der Waals surface area contributed by atoms with Crippen LogP contribution in [0.5, 0.6) is 0 Å². The molecule has 1 aromatic carbocycles. The van der Waals surface area contributed by atoms with Crippen LogP contribution < -0.4 is 5.32 Å². The maximum absolute atomic E-state index is 13.0. The van der Waals surface area contributed by atoms with E-state index in [1.165, 1.54) is 11.1 Å². The molecule has 0 aliphatic carbocycles. The van der Waals surface area contributed by atoms with Crippen molar-refractivity contribution >= 4 is 11.8 Å². The van der Waals surface area contributed by atoms with Crippen molar-refractivity contribution in [2.24, 2.45) is 5.92 Å². The number of piperidine rings is 1. The van der Waals surface area contributed by atoms with Gasteiger partial charge in [0.1, 0.15) is 0 Å². The summed E-state index contributed by atoms with van der Waals surface area (Å²) in [6, 6.07) is 8.84. The Labute approximate surface area is 163 Å². The lowest BCUT2D eigenvalue weighted by Gasteiger charge is -2.37. The number of nitrogens with zero attached hydrogens (tertiary/aromatic N) is 2. The van der Waals surface area contributed by atoms with Gasteiger partial charge < -0.3 is 15.1 Å². The average Bonchev–Trinajstić information content (AvgIpc) is 2.72. The van der Waals surface area contributed by atoms with Gasteiger partial charge in [-0.2, -0.15) is 0 Å². The zero-order valence-electron chi connectivity index (χ0n) is 16.7. The summed E-state index contributed by atoms with van der Waals surface area (Å²) in [5.74, 6) is 1.01. The Morgan fingerprint density at radius 3 is 2.44 bits per heavy atom. The van der Waals surface area contributed by atoms with Gasteiger partial charge in [-0.15, -0.1) is 0 Å². The fraction of sp³-hybridized carbons (Fsp3) is 0.636. The van der Waals surface area contributed by atoms with Crippen molar-refractivity contribution in [3.05, 3.63) is 35.4 Å². The monoisotopic (exact) mass is 371 g/mol. The van der Waals surface area contributed by atoms with Gasteiger partial charge in [-0.3, -0.25) is 9.59 Å². The molecule has 1 atom stereocenters. The van der Waals surface area contributed by atoms with Crippen LogP contribution in [0.15, 0.2) is 24.3 Å². The molecular weight excluding hydrogens is 338 g/mol. The zero-order valence-corrected chi connectivity index (χ0v) is 16.7. The maximum Gasteiger partial charge on any atom is 0.223 e. The number of carbonyl (C=O) groups is 2. The number of hydrogen-bond donors (Lipinski definition) is 1. The molecule has 27 heavy (non-hydrogen) atoms. The number of hydrogen-bond acceptors (Lipinski definition) is 3. The molecule has 1 N–H and O–H groups in total. The van der Waals surface area contributed by atoms with Crippen LogP contribution in [0, 0.1) is 5.92 Å². The van der Waals surface area contributed by atoms with Crippen molar-refractivity contribution in [1.82, 2.24) is 15.1 Å². The first-order chi connectivity index (χ1) is 13.1. The number of piperazine rings is 1. The van der Waals surface area contributed by atoms with Gasteiger partial charge >= 0.3 is 0 Å². The SMILES string of the molecule is CCc1ccc(C2CNCCN2C(=O)CCC2CCN(C(C)=O)CC2)cc1. The van der Waals surface area contributed by atoms with Crippen LogP contribution in [0.1, 0.15) is 56.7 Å². The highest BCUT2D eigenvalue weighted by molar-refractivity contribution is 5.77. The average molecular weight is 372 g/mol. The smallest absolute Gasteiger partial charge is 0.223 e. The first-order valence-corrected chi connectivity index (χ1v) is 10.4. The Kier molecular flexibility index (Phi) is 6.89. The largest absolute Gasteiger partial charge is 0.343 e. The van der Waals surface area contributed by atoms with Gasteiger partial charge in [0, 0.05) is 46.1 Å². The first kappa shape index (κ1) is 19.9. The molecule has 2 saturated heterocycles. The summed E-state index contributed by atoms with van der Waals surface area (Å²) in [6.45, 7) is 7.96. The molecule has 148 valence electrons. The van der Waals surface area contributed by atoms with Crippen LogP contribution >= 0.6 is 0 Å². The van der Waals surface area contributed by atoms with Gasteiger partial charge in [-0.25, -0.2) is 0 Å². The molecule has 3 rings (SSSR count). The molecular formula is C22H33N3O2. The molecule has 2 aliphatic heterocycles. The van der Waals surface area contributed by atoms with E-state index in [4.69, 9.17) is 0 Å². The summed E-state index contributed by atoms with van der Waals surface area (Å²) >= 11 is 0. The third-order valence-electron chi connectivity index (χ3n) is 6.16. The van der Waals surface area contributed by atoms with Gasteiger partial charge in [0.2, 0.25) is 11.8 Å². The molecule has 5 nitrogen and oxygen atoms in total. The molecule has 0 saturated carbocycles. The van der Waals surface area contributed by atoms with Gasteiger partial charge in [-0.05, 0) is 42.7 Å². The van der Waals surface area contributed by atoms with E-state index in [-0.39, 0.29) is 17.9 Å². The number of aryl methyl sites for hydroxylation is 1. The molecule has 0 aromatic heterocycles. The Bertz CT molecular complexity index is 635. The number of amides is 2. The van der Waals surface area contributed by atoms with Crippen molar-refractivity contribution in [1.29, 1.82) is 0 Å². The van der Waals surface area contributed by atoms with Gasteiger partial charge in [0.05, 0.1) is 6.04 Å². The number of carbonyl (C=O) groups excluding carboxylic acids is 2. The van der Waals surface area contributed by atoms with E-state index in [2.05, 4.69) is 41.4 Å². The maximum atomic E-state index is 13.0. The summed E-state index contributed by atoms with van der Waals surface area (Å²) < 4.78 is 0. The topological polar surface area (TPSA) is 52.7 Å². The Morgan fingerprint density at radius 1 is 1.11 bits per heavy atom. The molecule has 5 heteroatoms. The molecule has 0 radical (unpaired) electrons. The summed E-state index contributed by atoms with van der Waals surface area (Å²) in [5, 5.41) is 3.44. The summed E-state index contributed by atoms with van der Waals surface area (Å²) in [5.41, 5.74) is 2.56. The second-order valence-corrected chi connectivity index (χ2v) is 7.89. The van der Waals surface area contributed by atoms with Crippen LogP contribution in [0.25, 0.3) is 0 Å². The Balaban J connectivity index is 1.54. The summed E-state index contributed by atoms with van der Waals surface area (Å²) in [4.78, 5) is 28.4. The fourth-order valence-electron chi connectivity index (χ4n) is 4.28. The molecule has 2 amide bonds. The van der Waals surface area contributed by atoms with Crippen LogP contribution in [0.4, 0.5) is 0 Å². The predicted molar refractivity (Wildman–Crippen MR) is 107 cm³/mol. The lowest BCUT2D eigenvalue weighted by Crippen LogP contribution is -2.48. The number of benzene rings is 1. The number of likely N-dealkylation sites (tertiary alicyclic amines) is 1. The zero-order chi connectivity index (χ0) is 19.2. The van der Waals surface area contributed by atoms with Crippen molar-refractivity contribution in [2.45, 2.75) is 52.0 Å². The Morgan fingerprint density at radius 2 is 1.81 bits per heavy atom. The number of nitrogens with one attached hydrogen (secondary N) is 1. The highest BCUT2D eigenvalue weighted by Crippen LogP contribution is 2.26. The minimum atomic E-state index is 0.136. The molecule has 2 aliphatic rings. The molecule has 0 spiro atoms. The van der Waals surface area contributed by atoms with E-state index >= 15 is 0 Å². The normalized spacial score (nSPS) is 21.3. The lowest BCUT2D eigenvalue weighted by molar-refractivity contribution is -0.135. The molecule has 1 aromatic rings. The van der Waals surface area contributed by atoms with Gasteiger partial charge in [-0.1, -0.05) is 31.2 Å². The first-order valence-electron chi connectivity index (χ1n) is 10.4. The third kappa shape index (κ3) is 5.10. The summed E-state index contributed by atoms with van der Waals surface area (Å²) in [7, 11) is 0. The van der Waals surface area contributed by atoms with E-state index in [9.17, 15) is 9.59 Å². The second-order valence-electron chi connectivity index (χ2n) is 7.89. The quantitative estimate of drug-likeness (QED) is 0.866. The fourth-order valence-corrected chi connectivity index (χ4v) is 4.28. The second kappa shape index (κ2) is 9.36. The van der Waals surface area contributed by atoms with Crippen LogP contribution in [0.2, 0.25) is 0 Å². The minimum absolute atomic E-state index is 0.136. The van der Waals surface area contributed by atoms with E-state index in [1.54, 1.807) is 6.92 Å². The molecule has 2 heterocycles. The predicted octanol–water partition coefficient (Wildman–Crippen LogP) is 2.76. The molecule has 0 bridgehead atoms. The van der Waals surface area contributed by atoms with Crippen molar-refractivity contribution < 1.29 is 9.59 Å². The van der Waals surface area contributed by atoms with E-state index in [1.807, 2.05) is 4.90 Å². The minimum Gasteiger partial charge on any atom is -0.343 e. The van der Waals surface area contributed by atoms with E-state index in [0.29, 0.717) is 12.3 Å². The van der Waals surface area contributed by atoms with Crippen molar-refractivity contribution in [3.63, 3.8) is 0 Å². The van der Waals surface area contributed by atoms with Gasteiger partial charge in [0.15, 0.2) is 0 Å². The molecule has 2 fully saturated rings. The highest BCUT2D eigenvalue weighted by atomic mass is 16.2. The van der Waals surface area contributed by atoms with Crippen LogP contribution in [-0.2, 0) is 16.0 Å². The third-order valence-corrected chi connectivity index (χ3v) is 6.16. The van der Waals surface area contributed by atoms with E-state index in [0.717, 1.165) is 58.4 Å². The van der Waals surface area contributed by atoms with E-state index < -0.39 is 0 Å². The highest BCUT2D eigenvalue weighted by Gasteiger charge is 2.28. The van der Waals surface area contributed by atoms with Gasteiger partial charge in [0.25, 0.3) is 0 Å². The van der Waals surface area contributed by atoms with Crippen molar-refractivity contribution in [3.8, 4) is 0 Å². The number of rotatable bonds is 5. The standard InChI is InChI=1S/C22H33N3O2/c1-3-18-4-7-20(8-5-18)21-16-23-12-15-25(21)22(27)9-6-19-10-13-24(14-11-19)17(2)26/h4-5,7-8,19,21,23H,3,6,9-16H2,1-2H3. The molecule has 1 unspecified atom stereocenters. The van der Waals surface area contributed by atoms with Crippen LogP contribution in [-0.4, -0.2) is 54.3 Å². The van der Waals surface area contributed by atoms with Crippen molar-refractivity contribution in [2.75, 3.05) is 32.7 Å². The van der Waals surface area contributed by atoms with Crippen LogP contribution in [0.3, 0.4) is 0 Å². The Hall–Kier alpha value is -1.88. The summed E-state index contributed by atoms with van der Waals surface area (Å²) in [6.07, 6.45) is 4.64.